The zero-order chi connectivity index (χ0) is 27.5. The Labute approximate surface area is 235 Å². The van der Waals surface area contributed by atoms with Gasteiger partial charge < -0.3 is 0 Å². The molecule has 0 atom stereocenters. The fourth-order valence-electron chi connectivity index (χ4n) is 5.22. The van der Waals surface area contributed by atoms with E-state index in [0.717, 1.165) is 44.5 Å². The van der Waals surface area contributed by atoms with Gasteiger partial charge in [0, 0.05) is 33.4 Å². The average molecular weight is 509 g/mol. The molecule has 40 heavy (non-hydrogen) atoms. The van der Waals surface area contributed by atoms with E-state index in [0.29, 0.717) is 11.1 Å². The Bertz CT molecular complexity index is 1750. The lowest BCUT2D eigenvalue weighted by Gasteiger charge is -2.16. The number of terminal acetylenes is 2. The minimum absolute atomic E-state index is 0.0407. The summed E-state index contributed by atoms with van der Waals surface area (Å²) in [4.78, 5) is 14.3. The number of Topliss-reactive ketones (excluding diaryl/α,β-unsaturated/α-hetero) is 1. The Hall–Kier alpha value is -5.63. The first-order valence-electron chi connectivity index (χ1n) is 13.1. The summed E-state index contributed by atoms with van der Waals surface area (Å²) in [5, 5.41) is 0. The van der Waals surface area contributed by atoms with Crippen LogP contribution in [0.1, 0.15) is 33.4 Å². The first-order valence-corrected chi connectivity index (χ1v) is 13.1. The minimum atomic E-state index is -0.0407. The lowest BCUT2D eigenvalue weighted by Crippen LogP contribution is -2.02. The van der Waals surface area contributed by atoms with Gasteiger partial charge in [0.25, 0.3) is 0 Å². The highest BCUT2D eigenvalue weighted by Crippen LogP contribution is 2.50. The molecule has 0 fully saturated rings. The van der Waals surface area contributed by atoms with Crippen LogP contribution in [0.3, 0.4) is 0 Å². The number of hydrogen-bond donors (Lipinski definition) is 0. The van der Waals surface area contributed by atoms with Crippen LogP contribution in [-0.4, -0.2) is 5.78 Å². The first kappa shape index (κ1) is 24.7. The predicted octanol–water partition coefficient (Wildman–Crippen LogP) is 8.42. The van der Waals surface area contributed by atoms with Gasteiger partial charge in [0.2, 0.25) is 0 Å². The lowest BCUT2D eigenvalue weighted by atomic mass is 9.85. The highest BCUT2D eigenvalue weighted by Gasteiger charge is 2.36. The molecule has 0 radical (unpaired) electrons. The van der Waals surface area contributed by atoms with Crippen LogP contribution >= 0.6 is 0 Å². The van der Waals surface area contributed by atoms with E-state index < -0.39 is 0 Å². The summed E-state index contributed by atoms with van der Waals surface area (Å²) in [7, 11) is 0. The summed E-state index contributed by atoms with van der Waals surface area (Å²) in [6.45, 7) is 0. The highest BCUT2D eigenvalue weighted by molar-refractivity contribution is 6.59. The second kappa shape index (κ2) is 10.6. The van der Waals surface area contributed by atoms with Gasteiger partial charge in [-0.2, -0.15) is 0 Å². The molecule has 186 valence electrons. The number of hydrogen-bond acceptors (Lipinski definition) is 1. The Morgan fingerprint density at radius 3 is 1.05 bits per heavy atom. The van der Waals surface area contributed by atoms with Gasteiger partial charge in [-0.25, -0.2) is 0 Å². The van der Waals surface area contributed by atoms with Crippen LogP contribution in [-0.2, 0) is 4.79 Å². The molecular weight excluding hydrogens is 484 g/mol. The Balaban J connectivity index is 0.000000420. The Morgan fingerprint density at radius 1 is 0.375 bits per heavy atom. The summed E-state index contributed by atoms with van der Waals surface area (Å²) in [6, 6.07) is 43.5. The third kappa shape index (κ3) is 4.27. The maximum absolute atomic E-state index is 14.3. The Kier molecular flexibility index (Phi) is 6.56. The van der Waals surface area contributed by atoms with Gasteiger partial charge in [-0.1, -0.05) is 133 Å². The van der Waals surface area contributed by atoms with Gasteiger partial charge in [0.05, 0.1) is 0 Å². The van der Waals surface area contributed by atoms with Crippen LogP contribution in [0, 0.1) is 24.7 Å². The zero-order valence-corrected chi connectivity index (χ0v) is 21.8. The van der Waals surface area contributed by atoms with Crippen molar-refractivity contribution in [2.45, 2.75) is 0 Å². The number of fused-ring (bicyclic) bond motifs is 1. The van der Waals surface area contributed by atoms with E-state index >= 15 is 0 Å². The summed E-state index contributed by atoms with van der Waals surface area (Å²) in [5.74, 6) is 5.57. The molecule has 0 N–H and O–H groups in total. The second-order valence-electron chi connectivity index (χ2n) is 9.52. The van der Waals surface area contributed by atoms with E-state index in [9.17, 15) is 4.79 Å². The van der Waals surface area contributed by atoms with E-state index in [-0.39, 0.29) is 5.78 Å². The van der Waals surface area contributed by atoms with E-state index in [2.05, 4.69) is 36.1 Å². The number of carbonyl (C=O) groups excluding carboxylic acids is 1. The number of ketones is 1. The molecule has 0 bridgehead atoms. The molecule has 1 nitrogen and oxygen atoms in total. The van der Waals surface area contributed by atoms with Crippen molar-refractivity contribution in [3.63, 3.8) is 0 Å². The van der Waals surface area contributed by atoms with E-state index in [1.54, 1.807) is 0 Å². The quantitative estimate of drug-likeness (QED) is 0.218. The maximum atomic E-state index is 14.3. The topological polar surface area (TPSA) is 17.1 Å². The van der Waals surface area contributed by atoms with Crippen LogP contribution in [0.4, 0.5) is 0 Å². The summed E-state index contributed by atoms with van der Waals surface area (Å²) < 4.78 is 0. The number of allylic oxidation sites excluding steroid dienone is 4. The largest absolute Gasteiger partial charge is 0.289 e. The summed E-state index contributed by atoms with van der Waals surface area (Å²) in [6.07, 6.45) is 11.8. The molecule has 1 heteroatoms. The van der Waals surface area contributed by atoms with Crippen LogP contribution in [0.15, 0.2) is 133 Å². The van der Waals surface area contributed by atoms with E-state index in [1.165, 1.54) is 11.1 Å². The second-order valence-corrected chi connectivity index (χ2v) is 9.52. The molecule has 0 aromatic heterocycles. The number of rotatable bonds is 4. The Morgan fingerprint density at radius 2 is 0.725 bits per heavy atom. The van der Waals surface area contributed by atoms with Crippen molar-refractivity contribution in [3.8, 4) is 35.8 Å². The smallest absolute Gasteiger partial charge is 0.195 e. The molecule has 0 saturated carbocycles. The standard InChI is InChI=1S/C33H20O.C6H4/c1-3-23-15-11-13-21-27(23)31-29(25-17-7-5-8-18-25)33(34)30(26-19-9-6-10-20-26)32(31)28-22-14-12-16-24(28)4-2;1-2-6-4-3-5(1)6/h1-2,5-22H;1-4H. The van der Waals surface area contributed by atoms with Crippen molar-refractivity contribution in [1.29, 1.82) is 0 Å². The molecule has 7 rings (SSSR count). The summed E-state index contributed by atoms with van der Waals surface area (Å²) >= 11 is 0. The predicted molar refractivity (Wildman–Crippen MR) is 166 cm³/mol. The van der Waals surface area contributed by atoms with E-state index in [1.807, 2.05) is 109 Å². The SMILES string of the molecule is C#Cc1ccccc1C1=C(c2ccccc2)C(=O)C(c2ccccc2)=C1c1ccccc1C#C.c1cc2ccc1-2. The van der Waals surface area contributed by atoms with Gasteiger partial charge in [0.1, 0.15) is 0 Å². The molecule has 0 amide bonds. The fraction of sp³-hybridized carbons (Fsp3) is 0. The molecule has 0 heterocycles. The maximum Gasteiger partial charge on any atom is 0.195 e. The van der Waals surface area contributed by atoms with Gasteiger partial charge in [0.15, 0.2) is 5.78 Å². The van der Waals surface area contributed by atoms with Crippen LogP contribution in [0.2, 0.25) is 0 Å². The summed E-state index contributed by atoms with van der Waals surface area (Å²) in [5.41, 5.74) is 10.5. The molecule has 4 aromatic rings. The molecule has 0 aliphatic heterocycles. The van der Waals surface area contributed by atoms with Gasteiger partial charge in [-0.05, 0) is 45.5 Å². The number of carbonyl (C=O) groups is 1. The third-order valence-electron chi connectivity index (χ3n) is 7.25. The molecule has 3 aliphatic rings. The monoisotopic (exact) mass is 508 g/mol. The lowest BCUT2D eigenvalue weighted by molar-refractivity contribution is -0.108. The molecule has 3 aliphatic carbocycles. The molecule has 0 unspecified atom stereocenters. The van der Waals surface area contributed by atoms with E-state index in [4.69, 9.17) is 12.8 Å². The molecule has 4 aromatic carbocycles. The van der Waals surface area contributed by atoms with Crippen LogP contribution < -0.4 is 0 Å². The third-order valence-corrected chi connectivity index (χ3v) is 7.25. The van der Waals surface area contributed by atoms with Crippen molar-refractivity contribution < 1.29 is 4.79 Å². The number of benzene rings is 5. The van der Waals surface area contributed by atoms with Gasteiger partial charge >= 0.3 is 0 Å². The van der Waals surface area contributed by atoms with Crippen molar-refractivity contribution >= 4 is 28.1 Å². The van der Waals surface area contributed by atoms with Gasteiger partial charge in [-0.15, -0.1) is 12.8 Å². The zero-order valence-electron chi connectivity index (χ0n) is 21.8. The molecule has 0 spiro atoms. The van der Waals surface area contributed by atoms with Crippen molar-refractivity contribution in [3.05, 3.63) is 167 Å². The normalized spacial score (nSPS) is 12.8. The minimum Gasteiger partial charge on any atom is -0.289 e. The van der Waals surface area contributed by atoms with Crippen molar-refractivity contribution in [1.82, 2.24) is 0 Å². The molecular formula is C39H24O. The first-order chi connectivity index (χ1) is 19.7. The highest BCUT2D eigenvalue weighted by atomic mass is 16.1. The average Bonchev–Trinajstić information content (AvgIpc) is 3.32. The van der Waals surface area contributed by atoms with Crippen molar-refractivity contribution in [2.75, 3.05) is 0 Å². The van der Waals surface area contributed by atoms with Crippen molar-refractivity contribution in [2.24, 2.45) is 0 Å². The van der Waals surface area contributed by atoms with Crippen LogP contribution in [0.25, 0.3) is 33.4 Å². The van der Waals surface area contributed by atoms with Crippen LogP contribution in [0.5, 0.6) is 0 Å². The fourth-order valence-corrected chi connectivity index (χ4v) is 5.22. The molecule has 0 saturated heterocycles. The van der Waals surface area contributed by atoms with Gasteiger partial charge in [-0.3, -0.25) is 4.79 Å².